The molecular weight excluding hydrogens is 444 g/mol. The molecule has 0 fully saturated rings. The molecule has 0 amide bonds. The van der Waals surface area contributed by atoms with Gasteiger partial charge < -0.3 is 14.2 Å². The molecule has 198 valence electrons. The fourth-order valence-electron chi connectivity index (χ4n) is 4.56. The zero-order chi connectivity index (χ0) is 25.9. The standard InChI is InChI=1S/C29H46O6/c1-5-6-7-8-9-10-18-26(34-23(2)30)19-13-11-16-25-17-12-14-20-27(25)28(35-24(3)31)21-15-22-29(32)33-4/h11-14,16,19,25-28H,5-10,15,17-18,20-22H2,1-4H3. The molecule has 6 nitrogen and oxygen atoms in total. The number of methoxy groups -OCH3 is 1. The van der Waals surface area contributed by atoms with Crippen molar-refractivity contribution in [2.45, 2.75) is 110 Å². The van der Waals surface area contributed by atoms with E-state index >= 15 is 0 Å². The zero-order valence-electron chi connectivity index (χ0n) is 22.2. The van der Waals surface area contributed by atoms with E-state index in [2.05, 4.69) is 25.2 Å². The monoisotopic (exact) mass is 490 g/mol. The molecule has 35 heavy (non-hydrogen) atoms. The molecule has 1 aliphatic carbocycles. The average Bonchev–Trinajstić information content (AvgIpc) is 2.82. The van der Waals surface area contributed by atoms with Gasteiger partial charge in [-0.25, -0.2) is 0 Å². The number of ether oxygens (including phenoxy) is 3. The SMILES string of the molecule is CCCCCCCCC(C=CC=CC1CC=CCC1C(CCCC(=O)OC)OC(C)=O)OC(C)=O. The van der Waals surface area contributed by atoms with Crippen LogP contribution in [0.1, 0.15) is 97.8 Å². The molecule has 0 aromatic rings. The van der Waals surface area contributed by atoms with Crippen molar-refractivity contribution in [3.63, 3.8) is 0 Å². The number of rotatable bonds is 17. The molecule has 4 unspecified atom stereocenters. The minimum atomic E-state index is -0.302. The summed E-state index contributed by atoms with van der Waals surface area (Å²) in [6.07, 6.45) is 23.2. The lowest BCUT2D eigenvalue weighted by molar-refractivity contribution is -0.150. The van der Waals surface area contributed by atoms with Crippen LogP contribution < -0.4 is 0 Å². The van der Waals surface area contributed by atoms with Gasteiger partial charge in [0.1, 0.15) is 12.2 Å². The predicted molar refractivity (Wildman–Crippen MR) is 139 cm³/mol. The molecule has 0 aliphatic heterocycles. The van der Waals surface area contributed by atoms with Gasteiger partial charge >= 0.3 is 17.9 Å². The number of carbonyl (C=O) groups excluding carboxylic acids is 3. The van der Waals surface area contributed by atoms with Crippen LogP contribution in [0.3, 0.4) is 0 Å². The Kier molecular flexibility index (Phi) is 16.6. The van der Waals surface area contributed by atoms with Gasteiger partial charge in [0, 0.05) is 26.2 Å². The fraction of sp³-hybridized carbons (Fsp3) is 0.690. The molecule has 0 aromatic carbocycles. The number of hydrogen-bond acceptors (Lipinski definition) is 6. The Morgan fingerprint density at radius 3 is 2.26 bits per heavy atom. The quantitative estimate of drug-likeness (QED) is 0.0748. The molecule has 0 N–H and O–H groups in total. The van der Waals surface area contributed by atoms with E-state index in [4.69, 9.17) is 14.2 Å². The van der Waals surface area contributed by atoms with Crippen LogP contribution >= 0.6 is 0 Å². The van der Waals surface area contributed by atoms with Gasteiger partial charge in [-0.05, 0) is 50.5 Å². The largest absolute Gasteiger partial charge is 0.469 e. The van der Waals surface area contributed by atoms with Gasteiger partial charge in [0.25, 0.3) is 0 Å². The van der Waals surface area contributed by atoms with E-state index in [1.54, 1.807) is 0 Å². The molecule has 0 bridgehead atoms. The van der Waals surface area contributed by atoms with E-state index in [1.165, 1.54) is 46.6 Å². The van der Waals surface area contributed by atoms with Gasteiger partial charge in [-0.3, -0.25) is 14.4 Å². The van der Waals surface area contributed by atoms with E-state index in [1.807, 2.05) is 18.2 Å². The average molecular weight is 491 g/mol. The predicted octanol–water partition coefficient (Wildman–Crippen LogP) is 6.64. The van der Waals surface area contributed by atoms with Crippen LogP contribution in [-0.2, 0) is 28.6 Å². The second-order valence-corrected chi connectivity index (χ2v) is 9.36. The lowest BCUT2D eigenvalue weighted by Gasteiger charge is -2.33. The highest BCUT2D eigenvalue weighted by Gasteiger charge is 2.30. The van der Waals surface area contributed by atoms with Crippen LogP contribution in [0.25, 0.3) is 0 Å². The second kappa shape index (κ2) is 18.9. The van der Waals surface area contributed by atoms with Gasteiger partial charge in [0.05, 0.1) is 7.11 Å². The van der Waals surface area contributed by atoms with Crippen molar-refractivity contribution in [3.05, 3.63) is 36.5 Å². The van der Waals surface area contributed by atoms with Crippen molar-refractivity contribution < 1.29 is 28.6 Å². The van der Waals surface area contributed by atoms with Crippen molar-refractivity contribution >= 4 is 17.9 Å². The molecule has 6 heteroatoms. The molecule has 4 atom stereocenters. The lowest BCUT2D eigenvalue weighted by atomic mass is 9.78. The summed E-state index contributed by atoms with van der Waals surface area (Å²) in [5, 5.41) is 0. The number of hydrogen-bond donors (Lipinski definition) is 0. The van der Waals surface area contributed by atoms with E-state index < -0.39 is 0 Å². The van der Waals surface area contributed by atoms with Crippen molar-refractivity contribution in [1.29, 1.82) is 0 Å². The first-order valence-electron chi connectivity index (χ1n) is 13.3. The lowest BCUT2D eigenvalue weighted by Crippen LogP contribution is -2.32. The maximum absolute atomic E-state index is 11.7. The first-order chi connectivity index (χ1) is 16.9. The highest BCUT2D eigenvalue weighted by atomic mass is 16.5. The highest BCUT2D eigenvalue weighted by molar-refractivity contribution is 5.69. The summed E-state index contributed by atoms with van der Waals surface area (Å²) in [4.78, 5) is 34.7. The summed E-state index contributed by atoms with van der Waals surface area (Å²) >= 11 is 0. The van der Waals surface area contributed by atoms with Crippen molar-refractivity contribution in [1.82, 2.24) is 0 Å². The third-order valence-electron chi connectivity index (χ3n) is 6.38. The molecule has 0 saturated carbocycles. The van der Waals surface area contributed by atoms with Gasteiger partial charge in [0.2, 0.25) is 0 Å². The van der Waals surface area contributed by atoms with Gasteiger partial charge in [-0.2, -0.15) is 0 Å². The summed E-state index contributed by atoms with van der Waals surface area (Å²) in [5.41, 5.74) is 0. The third kappa shape index (κ3) is 14.6. The second-order valence-electron chi connectivity index (χ2n) is 9.36. The van der Waals surface area contributed by atoms with Crippen LogP contribution in [-0.4, -0.2) is 37.2 Å². The molecular formula is C29H46O6. The Morgan fingerprint density at radius 2 is 1.57 bits per heavy atom. The van der Waals surface area contributed by atoms with Crippen molar-refractivity contribution in [2.75, 3.05) is 7.11 Å². The Bertz CT molecular complexity index is 708. The summed E-state index contributed by atoms with van der Waals surface area (Å²) in [7, 11) is 1.38. The molecule has 1 rings (SSSR count). The maximum Gasteiger partial charge on any atom is 0.305 e. The number of carbonyl (C=O) groups is 3. The molecule has 0 spiro atoms. The highest BCUT2D eigenvalue weighted by Crippen LogP contribution is 2.33. The minimum absolute atomic E-state index is 0.151. The van der Waals surface area contributed by atoms with Gasteiger partial charge in [-0.1, -0.05) is 69.4 Å². The smallest absolute Gasteiger partial charge is 0.305 e. The Labute approximate surface area is 212 Å². The van der Waals surface area contributed by atoms with Crippen LogP contribution in [0.15, 0.2) is 36.5 Å². The fourth-order valence-corrected chi connectivity index (χ4v) is 4.56. The Morgan fingerprint density at radius 1 is 0.886 bits per heavy atom. The van der Waals surface area contributed by atoms with E-state index in [9.17, 15) is 14.4 Å². The van der Waals surface area contributed by atoms with Crippen molar-refractivity contribution in [3.8, 4) is 0 Å². The van der Waals surface area contributed by atoms with E-state index in [0.717, 1.165) is 32.1 Å². The van der Waals surface area contributed by atoms with Crippen LogP contribution in [0, 0.1) is 11.8 Å². The van der Waals surface area contributed by atoms with E-state index in [-0.39, 0.29) is 42.0 Å². The zero-order valence-corrected chi connectivity index (χ0v) is 22.2. The Hall–Kier alpha value is -2.37. The normalized spacial score (nSPS) is 19.5. The molecule has 0 aromatic heterocycles. The van der Waals surface area contributed by atoms with Crippen molar-refractivity contribution in [2.24, 2.45) is 11.8 Å². The summed E-state index contributed by atoms with van der Waals surface area (Å²) in [5.74, 6) is -0.441. The third-order valence-corrected chi connectivity index (χ3v) is 6.38. The first-order valence-corrected chi connectivity index (χ1v) is 13.3. The number of esters is 3. The number of allylic oxidation sites excluding steroid dienone is 5. The topological polar surface area (TPSA) is 78.9 Å². The molecule has 0 saturated heterocycles. The summed E-state index contributed by atoms with van der Waals surface area (Å²) in [6, 6.07) is 0. The molecule has 0 heterocycles. The van der Waals surface area contributed by atoms with Crippen LogP contribution in [0.5, 0.6) is 0 Å². The van der Waals surface area contributed by atoms with Gasteiger partial charge in [0.15, 0.2) is 0 Å². The minimum Gasteiger partial charge on any atom is -0.469 e. The van der Waals surface area contributed by atoms with Crippen LogP contribution in [0.4, 0.5) is 0 Å². The van der Waals surface area contributed by atoms with Gasteiger partial charge in [-0.15, -0.1) is 0 Å². The summed E-state index contributed by atoms with van der Waals surface area (Å²) < 4.78 is 15.9. The molecule has 1 aliphatic rings. The first kappa shape index (κ1) is 30.7. The summed E-state index contributed by atoms with van der Waals surface area (Å²) in [6.45, 7) is 5.09. The van der Waals surface area contributed by atoms with Crippen LogP contribution in [0.2, 0.25) is 0 Å². The number of unbranched alkanes of at least 4 members (excludes halogenated alkanes) is 5. The molecule has 0 radical (unpaired) electrons. The maximum atomic E-state index is 11.7. The van der Waals surface area contributed by atoms with E-state index in [0.29, 0.717) is 19.3 Å². The Balaban J connectivity index is 2.71.